The van der Waals surface area contributed by atoms with Crippen molar-refractivity contribution in [2.45, 2.75) is 12.3 Å². The number of anilines is 1. The van der Waals surface area contributed by atoms with Crippen LogP contribution in [0.4, 0.5) is 10.5 Å². The molecule has 0 radical (unpaired) electrons. The van der Waals surface area contributed by atoms with E-state index in [9.17, 15) is 14.6 Å². The van der Waals surface area contributed by atoms with Gasteiger partial charge in [0.05, 0.1) is 5.92 Å². The Hall–Kier alpha value is -3.23. The Bertz CT molecular complexity index is 1100. The maximum Gasteiger partial charge on any atom is 0.454 e. The Morgan fingerprint density at radius 1 is 1.24 bits per heavy atom. The highest BCUT2D eigenvalue weighted by Gasteiger charge is 2.34. The topological polar surface area (TPSA) is 109 Å². The molecule has 7 nitrogen and oxygen atoms in total. The van der Waals surface area contributed by atoms with Crippen molar-refractivity contribution >= 4 is 40.8 Å². The number of fused-ring (bicyclic) bond motifs is 2. The van der Waals surface area contributed by atoms with Crippen LogP contribution in [0.5, 0.6) is 0 Å². The van der Waals surface area contributed by atoms with Gasteiger partial charge in [0.2, 0.25) is 0 Å². The first-order valence-corrected chi connectivity index (χ1v) is 9.39. The highest BCUT2D eigenvalue weighted by molar-refractivity contribution is 6.69. The summed E-state index contributed by atoms with van der Waals surface area (Å²) in [5.41, 5.74) is 8.65. The van der Waals surface area contributed by atoms with Crippen molar-refractivity contribution in [1.82, 2.24) is 9.79 Å². The second-order valence-corrected chi connectivity index (χ2v) is 7.25. The number of nitrogens with zero attached hydrogens (tertiary/aromatic N) is 2. The Balaban J connectivity index is 1.59. The van der Waals surface area contributed by atoms with E-state index < -0.39 is 19.0 Å². The van der Waals surface area contributed by atoms with Gasteiger partial charge in [0, 0.05) is 43.5 Å². The van der Waals surface area contributed by atoms with E-state index >= 15 is 0 Å². The van der Waals surface area contributed by atoms with Crippen molar-refractivity contribution in [2.24, 2.45) is 5.73 Å². The van der Waals surface area contributed by atoms with Crippen LogP contribution in [0.15, 0.2) is 54.9 Å². The molecular formula is C21H21BN4O3. The van der Waals surface area contributed by atoms with E-state index in [1.165, 1.54) is 11.9 Å². The van der Waals surface area contributed by atoms with Crippen LogP contribution in [0, 0.1) is 0 Å². The van der Waals surface area contributed by atoms with Gasteiger partial charge >= 0.3 is 13.1 Å². The maximum absolute atomic E-state index is 13.0. The molecule has 8 heteroatoms. The number of hydrogen-bond acceptors (Lipinski definition) is 5. The van der Waals surface area contributed by atoms with E-state index in [-0.39, 0.29) is 18.7 Å². The Morgan fingerprint density at radius 2 is 2.07 bits per heavy atom. The summed E-state index contributed by atoms with van der Waals surface area (Å²) >= 11 is 0. The standard InChI is InChI=1S/C21H21BN4O3/c1-26-21(28)25-19-10-15(4-5-18(19)22(26)29)17(11-23)20(27)9-13-2-3-16-12-24-7-6-14(16)8-13/h2-8,10,12,17,29H,9,11,23H2,1H3,(H,25,28). The number of hydrogen-bond donors (Lipinski definition) is 3. The molecule has 0 bridgehead atoms. The number of amides is 2. The molecule has 4 rings (SSSR count). The van der Waals surface area contributed by atoms with Crippen molar-refractivity contribution in [2.75, 3.05) is 18.9 Å². The van der Waals surface area contributed by atoms with Gasteiger partial charge in [-0.1, -0.05) is 30.3 Å². The molecule has 1 aliphatic rings. The van der Waals surface area contributed by atoms with Gasteiger partial charge < -0.3 is 20.9 Å². The minimum absolute atomic E-state index is 0.000610. The number of nitrogens with one attached hydrogen (secondary N) is 1. The van der Waals surface area contributed by atoms with E-state index in [1.54, 1.807) is 30.6 Å². The Kier molecular flexibility index (Phi) is 5.04. The molecule has 0 fully saturated rings. The first-order valence-electron chi connectivity index (χ1n) is 9.39. The lowest BCUT2D eigenvalue weighted by Crippen LogP contribution is -2.56. The van der Waals surface area contributed by atoms with E-state index in [4.69, 9.17) is 5.73 Å². The van der Waals surface area contributed by atoms with Gasteiger partial charge in [-0.25, -0.2) is 4.79 Å². The highest BCUT2D eigenvalue weighted by atomic mass is 16.2. The lowest BCUT2D eigenvalue weighted by molar-refractivity contribution is -0.119. The molecule has 1 unspecified atom stereocenters. The summed E-state index contributed by atoms with van der Waals surface area (Å²) in [6, 6.07) is 12.6. The molecule has 2 aromatic carbocycles. The van der Waals surface area contributed by atoms with Crippen molar-refractivity contribution < 1.29 is 14.6 Å². The third-order valence-corrected chi connectivity index (χ3v) is 5.39. The number of nitrogens with two attached hydrogens (primary N) is 1. The van der Waals surface area contributed by atoms with E-state index in [2.05, 4.69) is 10.3 Å². The average Bonchev–Trinajstić information content (AvgIpc) is 2.72. The number of carbonyl (C=O) groups is 2. The number of carbonyl (C=O) groups excluding carboxylic acids is 2. The molecule has 29 heavy (non-hydrogen) atoms. The smallest absolute Gasteiger partial charge is 0.428 e. The lowest BCUT2D eigenvalue weighted by atomic mass is 9.69. The van der Waals surface area contributed by atoms with E-state index in [0.717, 1.165) is 21.9 Å². The quantitative estimate of drug-likeness (QED) is 0.571. The second-order valence-electron chi connectivity index (χ2n) is 7.25. The number of pyridine rings is 1. The predicted molar refractivity (Wildman–Crippen MR) is 113 cm³/mol. The largest absolute Gasteiger partial charge is 0.454 e. The van der Waals surface area contributed by atoms with E-state index in [0.29, 0.717) is 11.2 Å². The fourth-order valence-corrected chi connectivity index (χ4v) is 3.67. The van der Waals surface area contributed by atoms with Crippen LogP contribution >= 0.6 is 0 Å². The number of Topliss-reactive ketones (excluding diaryl/α,β-unsaturated/α-hetero) is 1. The zero-order chi connectivity index (χ0) is 20.5. The molecule has 1 atom stereocenters. The molecule has 1 aromatic heterocycles. The first-order chi connectivity index (χ1) is 14.0. The Labute approximate surface area is 168 Å². The molecule has 3 aromatic rings. The lowest BCUT2D eigenvalue weighted by Gasteiger charge is -2.29. The molecule has 0 spiro atoms. The summed E-state index contributed by atoms with van der Waals surface area (Å²) in [5.74, 6) is -0.497. The van der Waals surface area contributed by atoms with Gasteiger partial charge in [-0.3, -0.25) is 9.78 Å². The molecule has 146 valence electrons. The number of urea groups is 1. The van der Waals surface area contributed by atoms with Crippen LogP contribution < -0.4 is 16.5 Å². The van der Waals surface area contributed by atoms with Crippen LogP contribution in [0.1, 0.15) is 17.0 Å². The van der Waals surface area contributed by atoms with Gasteiger partial charge in [-0.15, -0.1) is 0 Å². The van der Waals surface area contributed by atoms with Crippen LogP contribution in [0.2, 0.25) is 0 Å². The normalized spacial score (nSPS) is 14.5. The minimum atomic E-state index is -1.02. The van der Waals surface area contributed by atoms with Crippen LogP contribution in [-0.4, -0.2) is 47.3 Å². The predicted octanol–water partition coefficient (Wildman–Crippen LogP) is 1.25. The summed E-state index contributed by atoms with van der Waals surface area (Å²) in [4.78, 5) is 30.3. The van der Waals surface area contributed by atoms with Crippen molar-refractivity contribution in [1.29, 1.82) is 0 Å². The van der Waals surface area contributed by atoms with Crippen LogP contribution in [0.3, 0.4) is 0 Å². The maximum atomic E-state index is 13.0. The molecule has 0 saturated carbocycles. The SMILES string of the molecule is CN1B(O)c2ccc(C(CN)C(=O)Cc3ccc4cnccc4c3)cc2NC1=O. The van der Waals surface area contributed by atoms with Gasteiger partial charge in [0.25, 0.3) is 0 Å². The van der Waals surface area contributed by atoms with Crippen molar-refractivity contribution in [3.8, 4) is 0 Å². The summed E-state index contributed by atoms with van der Waals surface area (Å²) in [7, 11) is 0.495. The van der Waals surface area contributed by atoms with Crippen LogP contribution in [0.25, 0.3) is 10.8 Å². The summed E-state index contributed by atoms with van der Waals surface area (Å²) < 4.78 is 0. The second kappa shape index (κ2) is 7.65. The highest BCUT2D eigenvalue weighted by Crippen LogP contribution is 2.24. The third kappa shape index (κ3) is 3.60. The number of benzene rings is 2. The molecule has 2 amide bonds. The molecule has 4 N–H and O–H groups in total. The van der Waals surface area contributed by atoms with E-state index in [1.807, 2.05) is 24.3 Å². The third-order valence-electron chi connectivity index (χ3n) is 5.39. The number of ketones is 1. The summed E-state index contributed by atoms with van der Waals surface area (Å²) in [6.45, 7) is 0.158. The van der Waals surface area contributed by atoms with Gasteiger partial charge in [-0.05, 0) is 34.1 Å². The molecule has 2 heterocycles. The number of rotatable bonds is 5. The minimum Gasteiger partial charge on any atom is -0.428 e. The monoisotopic (exact) mass is 388 g/mol. The molecular weight excluding hydrogens is 367 g/mol. The fraction of sp³-hybridized carbons (Fsp3) is 0.190. The van der Waals surface area contributed by atoms with Gasteiger partial charge in [0.15, 0.2) is 0 Å². The first kappa shape index (κ1) is 19.1. The average molecular weight is 388 g/mol. The summed E-state index contributed by atoms with van der Waals surface area (Å²) in [6.07, 6.45) is 3.77. The summed E-state index contributed by atoms with van der Waals surface area (Å²) in [5, 5.41) is 15.0. The number of aromatic nitrogens is 1. The Morgan fingerprint density at radius 3 is 2.86 bits per heavy atom. The fourth-order valence-electron chi connectivity index (χ4n) is 3.67. The van der Waals surface area contributed by atoms with Gasteiger partial charge in [-0.2, -0.15) is 0 Å². The molecule has 0 saturated heterocycles. The van der Waals surface area contributed by atoms with Gasteiger partial charge in [0.1, 0.15) is 5.78 Å². The van der Waals surface area contributed by atoms with Crippen molar-refractivity contribution in [3.63, 3.8) is 0 Å². The molecule has 0 aliphatic carbocycles. The zero-order valence-electron chi connectivity index (χ0n) is 16.0. The van der Waals surface area contributed by atoms with Crippen molar-refractivity contribution in [3.05, 3.63) is 66.0 Å². The molecule has 1 aliphatic heterocycles. The zero-order valence-corrected chi connectivity index (χ0v) is 16.0. The van der Waals surface area contributed by atoms with Crippen LogP contribution in [-0.2, 0) is 11.2 Å².